The fourth-order valence-corrected chi connectivity index (χ4v) is 1.89. The predicted molar refractivity (Wildman–Crippen MR) is 57.3 cm³/mol. The van der Waals surface area contributed by atoms with E-state index in [1.165, 1.54) is 6.07 Å². The van der Waals surface area contributed by atoms with Crippen LogP contribution in [0.15, 0.2) is 18.2 Å². The molecule has 0 saturated carbocycles. The van der Waals surface area contributed by atoms with Gasteiger partial charge in [0.15, 0.2) is 0 Å². The quantitative estimate of drug-likeness (QED) is 0.763. The van der Waals surface area contributed by atoms with Gasteiger partial charge < -0.3 is 10.1 Å². The minimum atomic E-state index is -0.323. The van der Waals surface area contributed by atoms with Crippen molar-refractivity contribution in [2.75, 3.05) is 19.7 Å². The number of hydrogen-bond donors (Lipinski definition) is 1. The molecule has 1 aromatic carbocycles. The molecule has 2 nitrogen and oxygen atoms in total. The summed E-state index contributed by atoms with van der Waals surface area (Å²) in [5, 5.41) is 3.29. The summed E-state index contributed by atoms with van der Waals surface area (Å²) in [5.41, 5.74) is 1.38. The molecule has 0 amide bonds. The summed E-state index contributed by atoms with van der Waals surface area (Å²) in [7, 11) is 0. The number of aryl methyl sites for hydroxylation is 1. The maximum absolute atomic E-state index is 13.1. The molecule has 1 unspecified atom stereocenters. The number of nitrogens with one attached hydrogen (secondary N) is 1. The van der Waals surface area contributed by atoms with E-state index in [1.54, 1.807) is 13.0 Å². The molecule has 1 N–H and O–H groups in total. The molecule has 2 rings (SSSR count). The summed E-state index contributed by atoms with van der Waals surface area (Å²) in [4.78, 5) is 0. The molecule has 1 fully saturated rings. The van der Waals surface area contributed by atoms with E-state index in [-0.39, 0.29) is 11.4 Å². The largest absolute Gasteiger partial charge is 0.368 e. The standard InChI is InChI=1S/C12H16FNO/c1-9-7-10(3-4-11(9)13)12(2)8-14-5-6-15-12/h3-4,7,14H,5-6,8H2,1-2H3. The van der Waals surface area contributed by atoms with Crippen LogP contribution in [-0.2, 0) is 10.3 Å². The van der Waals surface area contributed by atoms with Gasteiger partial charge in [-0.2, -0.15) is 0 Å². The molecule has 1 saturated heterocycles. The maximum Gasteiger partial charge on any atom is 0.126 e. The fourth-order valence-electron chi connectivity index (χ4n) is 1.89. The molecule has 1 heterocycles. The van der Waals surface area contributed by atoms with Gasteiger partial charge in [0, 0.05) is 13.1 Å². The van der Waals surface area contributed by atoms with Gasteiger partial charge in [-0.25, -0.2) is 4.39 Å². The van der Waals surface area contributed by atoms with Crippen molar-refractivity contribution >= 4 is 0 Å². The maximum atomic E-state index is 13.1. The van der Waals surface area contributed by atoms with Crippen LogP contribution in [0.1, 0.15) is 18.1 Å². The summed E-state index contributed by atoms with van der Waals surface area (Å²) in [6.45, 7) is 6.17. The summed E-state index contributed by atoms with van der Waals surface area (Å²) < 4.78 is 18.9. The van der Waals surface area contributed by atoms with Gasteiger partial charge in [0.2, 0.25) is 0 Å². The minimum Gasteiger partial charge on any atom is -0.368 e. The number of hydrogen-bond acceptors (Lipinski definition) is 2. The van der Waals surface area contributed by atoms with Gasteiger partial charge in [-0.15, -0.1) is 0 Å². The van der Waals surface area contributed by atoms with Crippen molar-refractivity contribution in [1.29, 1.82) is 0 Å². The lowest BCUT2D eigenvalue weighted by atomic mass is 9.93. The van der Waals surface area contributed by atoms with Crippen LogP contribution in [0.5, 0.6) is 0 Å². The van der Waals surface area contributed by atoms with Crippen LogP contribution in [0.25, 0.3) is 0 Å². The van der Waals surface area contributed by atoms with E-state index >= 15 is 0 Å². The summed E-state index contributed by atoms with van der Waals surface area (Å²) >= 11 is 0. The number of benzene rings is 1. The van der Waals surface area contributed by atoms with E-state index in [0.29, 0.717) is 12.2 Å². The smallest absolute Gasteiger partial charge is 0.126 e. The van der Waals surface area contributed by atoms with Gasteiger partial charge in [0.25, 0.3) is 0 Å². The Morgan fingerprint density at radius 1 is 1.47 bits per heavy atom. The summed E-state index contributed by atoms with van der Waals surface area (Å²) in [6, 6.07) is 5.17. The van der Waals surface area contributed by atoms with Crippen molar-refractivity contribution in [2.24, 2.45) is 0 Å². The molecule has 0 radical (unpaired) electrons. The van der Waals surface area contributed by atoms with E-state index in [0.717, 1.165) is 18.7 Å². The van der Waals surface area contributed by atoms with Crippen LogP contribution >= 0.6 is 0 Å². The molecule has 1 aliphatic heterocycles. The Hall–Kier alpha value is -0.930. The molecule has 0 aliphatic carbocycles. The van der Waals surface area contributed by atoms with Gasteiger partial charge in [-0.1, -0.05) is 12.1 Å². The minimum absolute atomic E-state index is 0.161. The second-order valence-electron chi connectivity index (χ2n) is 4.22. The van der Waals surface area contributed by atoms with Gasteiger partial charge >= 0.3 is 0 Å². The van der Waals surface area contributed by atoms with Crippen molar-refractivity contribution in [2.45, 2.75) is 19.4 Å². The predicted octanol–water partition coefficient (Wildman–Crippen LogP) is 1.97. The van der Waals surface area contributed by atoms with Gasteiger partial charge in [0.1, 0.15) is 11.4 Å². The molecule has 0 aromatic heterocycles. The van der Waals surface area contributed by atoms with Crippen LogP contribution in [0.3, 0.4) is 0 Å². The monoisotopic (exact) mass is 209 g/mol. The molecular weight excluding hydrogens is 193 g/mol. The van der Waals surface area contributed by atoms with Crippen molar-refractivity contribution in [3.8, 4) is 0 Å². The molecule has 0 bridgehead atoms. The van der Waals surface area contributed by atoms with E-state index in [1.807, 2.05) is 13.0 Å². The second-order valence-corrected chi connectivity index (χ2v) is 4.22. The van der Waals surface area contributed by atoms with E-state index in [9.17, 15) is 4.39 Å². The van der Waals surface area contributed by atoms with Crippen molar-refractivity contribution < 1.29 is 9.13 Å². The molecular formula is C12H16FNO. The lowest BCUT2D eigenvalue weighted by Crippen LogP contribution is -2.45. The zero-order chi connectivity index (χ0) is 10.9. The normalized spacial score (nSPS) is 26.6. The van der Waals surface area contributed by atoms with Crippen molar-refractivity contribution in [3.05, 3.63) is 35.1 Å². The third-order valence-electron chi connectivity index (χ3n) is 2.93. The average molecular weight is 209 g/mol. The van der Waals surface area contributed by atoms with E-state index in [4.69, 9.17) is 4.74 Å². The highest BCUT2D eigenvalue weighted by molar-refractivity contribution is 5.29. The summed E-state index contributed by atoms with van der Waals surface area (Å²) in [6.07, 6.45) is 0. The van der Waals surface area contributed by atoms with Gasteiger partial charge in [-0.05, 0) is 31.0 Å². The highest BCUT2D eigenvalue weighted by Gasteiger charge is 2.30. The van der Waals surface area contributed by atoms with E-state index in [2.05, 4.69) is 5.32 Å². The molecule has 0 spiro atoms. The van der Waals surface area contributed by atoms with Gasteiger partial charge in [-0.3, -0.25) is 0 Å². The third-order valence-corrected chi connectivity index (χ3v) is 2.93. The first kappa shape index (κ1) is 10.6. The first-order valence-corrected chi connectivity index (χ1v) is 5.23. The van der Waals surface area contributed by atoms with Crippen LogP contribution in [-0.4, -0.2) is 19.7 Å². The van der Waals surface area contributed by atoms with Crippen molar-refractivity contribution in [3.63, 3.8) is 0 Å². The van der Waals surface area contributed by atoms with Crippen LogP contribution in [0, 0.1) is 12.7 Å². The Kier molecular flexibility index (Phi) is 2.76. The fraction of sp³-hybridized carbons (Fsp3) is 0.500. The molecule has 3 heteroatoms. The first-order valence-electron chi connectivity index (χ1n) is 5.23. The topological polar surface area (TPSA) is 21.3 Å². The SMILES string of the molecule is Cc1cc(C2(C)CNCCO2)ccc1F. The number of halogens is 1. The molecule has 1 aromatic rings. The number of ether oxygens (including phenoxy) is 1. The lowest BCUT2D eigenvalue weighted by molar-refractivity contribution is -0.0572. The van der Waals surface area contributed by atoms with Crippen LogP contribution in [0.2, 0.25) is 0 Å². The third kappa shape index (κ3) is 2.03. The van der Waals surface area contributed by atoms with E-state index < -0.39 is 0 Å². The van der Waals surface area contributed by atoms with Crippen molar-refractivity contribution in [1.82, 2.24) is 5.32 Å². The second kappa shape index (κ2) is 3.91. The Morgan fingerprint density at radius 3 is 2.87 bits per heavy atom. The van der Waals surface area contributed by atoms with Crippen LogP contribution < -0.4 is 5.32 Å². The Labute approximate surface area is 89.4 Å². The molecule has 1 aliphatic rings. The lowest BCUT2D eigenvalue weighted by Gasteiger charge is -2.35. The summed E-state index contributed by atoms with van der Waals surface area (Å²) in [5.74, 6) is -0.161. The zero-order valence-electron chi connectivity index (χ0n) is 9.14. The van der Waals surface area contributed by atoms with Gasteiger partial charge in [0.05, 0.1) is 6.61 Å². The Bertz CT molecular complexity index is 359. The first-order chi connectivity index (χ1) is 7.12. The van der Waals surface area contributed by atoms with Crippen LogP contribution in [0.4, 0.5) is 4.39 Å². The molecule has 1 atom stereocenters. The molecule has 15 heavy (non-hydrogen) atoms. The highest BCUT2D eigenvalue weighted by atomic mass is 19.1. The number of morpholine rings is 1. The molecule has 82 valence electrons. The number of rotatable bonds is 1. The average Bonchev–Trinajstić information content (AvgIpc) is 2.23. The highest BCUT2D eigenvalue weighted by Crippen LogP contribution is 2.27. The Balaban J connectivity index is 2.31. The zero-order valence-corrected chi connectivity index (χ0v) is 9.14. The Morgan fingerprint density at radius 2 is 2.27 bits per heavy atom.